The van der Waals surface area contributed by atoms with Gasteiger partial charge in [0.2, 0.25) is 5.91 Å². The molecule has 0 aliphatic carbocycles. The highest BCUT2D eigenvalue weighted by Gasteiger charge is 2.32. The molecule has 0 spiro atoms. The van der Waals surface area contributed by atoms with Crippen LogP contribution in [0.1, 0.15) is 19.4 Å². The van der Waals surface area contributed by atoms with Crippen LogP contribution in [0.5, 0.6) is 0 Å². The Hall–Kier alpha value is -2.12. The first-order valence-corrected chi connectivity index (χ1v) is 7.77. The minimum atomic E-state index is -1.14. The summed E-state index contributed by atoms with van der Waals surface area (Å²) in [6.07, 6.45) is -1.71. The monoisotopic (exact) mass is 338 g/mol. The molecule has 0 radical (unpaired) electrons. The largest absolute Gasteiger partial charge is 0.465 e. The molecule has 1 aromatic carbocycles. The highest BCUT2D eigenvalue weighted by atomic mass is 16.7. The molecule has 0 aliphatic rings. The summed E-state index contributed by atoms with van der Waals surface area (Å²) in [5, 5.41) is 12.3. The van der Waals surface area contributed by atoms with Gasteiger partial charge in [0.25, 0.3) is 0 Å². The number of carboxylic acid groups (broad SMARTS) is 1. The lowest BCUT2D eigenvalue weighted by Crippen LogP contribution is -2.52. The lowest BCUT2D eigenvalue weighted by molar-refractivity contribution is -0.133. The van der Waals surface area contributed by atoms with Crippen LogP contribution in [-0.2, 0) is 20.8 Å². The lowest BCUT2D eigenvalue weighted by atomic mass is 10.0. The van der Waals surface area contributed by atoms with Gasteiger partial charge in [-0.15, -0.1) is 0 Å². The van der Waals surface area contributed by atoms with Gasteiger partial charge in [-0.25, -0.2) is 4.79 Å². The first-order valence-electron chi connectivity index (χ1n) is 7.77. The van der Waals surface area contributed by atoms with E-state index in [1.807, 2.05) is 44.2 Å². The standard InChI is InChI=1S/C17H26N2O5/c1-12(2)15(16(20)18-10-14(23-3)24-4)19(17(21)22)11-13-8-6-5-7-9-13/h5-9,12,14-15H,10-11H2,1-4H3,(H,18,20)(H,21,22). The van der Waals surface area contributed by atoms with Crippen molar-refractivity contribution in [2.75, 3.05) is 20.8 Å². The van der Waals surface area contributed by atoms with Gasteiger partial charge >= 0.3 is 6.09 Å². The summed E-state index contributed by atoms with van der Waals surface area (Å²) >= 11 is 0. The third kappa shape index (κ3) is 5.82. The van der Waals surface area contributed by atoms with E-state index in [9.17, 15) is 14.7 Å². The molecule has 2 amide bonds. The van der Waals surface area contributed by atoms with Crippen LogP contribution in [-0.4, -0.2) is 55.1 Å². The van der Waals surface area contributed by atoms with Crippen molar-refractivity contribution >= 4 is 12.0 Å². The fraction of sp³-hybridized carbons (Fsp3) is 0.529. The van der Waals surface area contributed by atoms with Crippen LogP contribution in [0.25, 0.3) is 0 Å². The van der Waals surface area contributed by atoms with Crippen LogP contribution in [0.3, 0.4) is 0 Å². The average molecular weight is 338 g/mol. The van der Waals surface area contributed by atoms with Gasteiger partial charge in [-0.1, -0.05) is 44.2 Å². The SMILES string of the molecule is COC(CNC(=O)C(C(C)C)N(Cc1ccccc1)C(=O)O)OC. The Balaban J connectivity index is 2.88. The van der Waals surface area contributed by atoms with E-state index in [0.29, 0.717) is 0 Å². The topological polar surface area (TPSA) is 88.1 Å². The number of ether oxygens (including phenoxy) is 2. The molecule has 2 N–H and O–H groups in total. The predicted molar refractivity (Wildman–Crippen MR) is 89.5 cm³/mol. The summed E-state index contributed by atoms with van der Waals surface area (Å²) in [5.41, 5.74) is 0.824. The molecule has 1 rings (SSSR count). The molecule has 0 saturated heterocycles. The van der Waals surface area contributed by atoms with Crippen LogP contribution in [0.2, 0.25) is 0 Å². The molecule has 0 aliphatic heterocycles. The third-order valence-electron chi connectivity index (χ3n) is 3.65. The minimum absolute atomic E-state index is 0.143. The first-order chi connectivity index (χ1) is 11.4. The van der Waals surface area contributed by atoms with Crippen LogP contribution in [0.15, 0.2) is 30.3 Å². The number of rotatable bonds is 9. The lowest BCUT2D eigenvalue weighted by Gasteiger charge is -2.31. The zero-order valence-electron chi connectivity index (χ0n) is 14.6. The summed E-state index contributed by atoms with van der Waals surface area (Å²) < 4.78 is 10.1. The van der Waals surface area contributed by atoms with Gasteiger partial charge in [-0.3, -0.25) is 9.69 Å². The molecular weight excluding hydrogens is 312 g/mol. The molecule has 0 bridgehead atoms. The molecule has 24 heavy (non-hydrogen) atoms. The van der Waals surface area contributed by atoms with Crippen molar-refractivity contribution in [3.8, 4) is 0 Å². The number of methoxy groups -OCH3 is 2. The van der Waals surface area contributed by atoms with Crippen LogP contribution in [0, 0.1) is 5.92 Å². The number of carbonyl (C=O) groups excluding carboxylic acids is 1. The van der Waals surface area contributed by atoms with E-state index in [4.69, 9.17) is 9.47 Å². The number of nitrogens with one attached hydrogen (secondary N) is 1. The van der Waals surface area contributed by atoms with Crippen molar-refractivity contribution < 1.29 is 24.2 Å². The van der Waals surface area contributed by atoms with Crippen LogP contribution in [0.4, 0.5) is 4.79 Å². The zero-order chi connectivity index (χ0) is 18.1. The zero-order valence-corrected chi connectivity index (χ0v) is 14.6. The molecule has 7 nitrogen and oxygen atoms in total. The van der Waals surface area contributed by atoms with E-state index in [1.54, 1.807) is 0 Å². The van der Waals surface area contributed by atoms with Crippen molar-refractivity contribution in [3.63, 3.8) is 0 Å². The van der Waals surface area contributed by atoms with Gasteiger partial charge in [0.15, 0.2) is 6.29 Å². The molecule has 1 aromatic rings. The molecule has 1 unspecified atom stereocenters. The van der Waals surface area contributed by atoms with Gasteiger partial charge < -0.3 is 19.9 Å². The fourth-order valence-electron chi connectivity index (χ4n) is 2.42. The van der Waals surface area contributed by atoms with E-state index in [0.717, 1.165) is 10.5 Å². The van der Waals surface area contributed by atoms with Gasteiger partial charge in [-0.05, 0) is 11.5 Å². The minimum Gasteiger partial charge on any atom is -0.465 e. The Bertz CT molecular complexity index is 517. The van der Waals surface area contributed by atoms with E-state index < -0.39 is 18.4 Å². The number of hydrogen-bond donors (Lipinski definition) is 2. The second-order valence-electron chi connectivity index (χ2n) is 5.73. The Labute approximate surface area is 142 Å². The molecule has 134 valence electrons. The Morgan fingerprint density at radius 3 is 2.21 bits per heavy atom. The van der Waals surface area contributed by atoms with Crippen LogP contribution < -0.4 is 5.32 Å². The Morgan fingerprint density at radius 1 is 1.17 bits per heavy atom. The summed E-state index contributed by atoms with van der Waals surface area (Å²) in [5.74, 6) is -0.559. The first kappa shape index (κ1) is 19.9. The quantitative estimate of drug-likeness (QED) is 0.672. The molecule has 7 heteroatoms. The number of hydrogen-bond acceptors (Lipinski definition) is 4. The predicted octanol–water partition coefficient (Wildman–Crippen LogP) is 1.93. The van der Waals surface area contributed by atoms with Gasteiger partial charge in [0.1, 0.15) is 6.04 Å². The molecule has 0 fully saturated rings. The van der Waals surface area contributed by atoms with Gasteiger partial charge in [0.05, 0.1) is 6.54 Å². The van der Waals surface area contributed by atoms with Crippen molar-refractivity contribution in [1.29, 1.82) is 0 Å². The highest BCUT2D eigenvalue weighted by Crippen LogP contribution is 2.16. The second kappa shape index (κ2) is 9.89. The van der Waals surface area contributed by atoms with Crippen molar-refractivity contribution in [1.82, 2.24) is 10.2 Å². The van der Waals surface area contributed by atoms with E-state index >= 15 is 0 Å². The Morgan fingerprint density at radius 2 is 1.75 bits per heavy atom. The average Bonchev–Trinajstić information content (AvgIpc) is 2.55. The number of nitrogens with zero attached hydrogens (tertiary/aromatic N) is 1. The smallest absolute Gasteiger partial charge is 0.408 e. The van der Waals surface area contributed by atoms with Gasteiger partial charge in [0, 0.05) is 20.8 Å². The Kier molecular flexibility index (Phi) is 8.21. The number of carbonyl (C=O) groups is 2. The maximum absolute atomic E-state index is 12.5. The second-order valence-corrected chi connectivity index (χ2v) is 5.73. The van der Waals surface area contributed by atoms with Crippen molar-refractivity contribution in [3.05, 3.63) is 35.9 Å². The van der Waals surface area contributed by atoms with Crippen LogP contribution >= 0.6 is 0 Å². The molecule has 1 atom stereocenters. The molecule has 0 heterocycles. The van der Waals surface area contributed by atoms with Crippen molar-refractivity contribution in [2.45, 2.75) is 32.7 Å². The summed E-state index contributed by atoms with van der Waals surface area (Å²) in [6.45, 7) is 3.92. The maximum Gasteiger partial charge on any atom is 0.408 e. The summed E-state index contributed by atoms with van der Waals surface area (Å²) in [6, 6.07) is 8.38. The van der Waals surface area contributed by atoms with E-state index in [2.05, 4.69) is 5.32 Å². The fourth-order valence-corrected chi connectivity index (χ4v) is 2.42. The molecule has 0 saturated carbocycles. The molecule has 0 aromatic heterocycles. The molecular formula is C17H26N2O5. The number of amides is 2. The van der Waals surface area contributed by atoms with E-state index in [-0.39, 0.29) is 24.9 Å². The summed E-state index contributed by atoms with van der Waals surface area (Å²) in [7, 11) is 2.94. The van der Waals surface area contributed by atoms with Gasteiger partial charge in [-0.2, -0.15) is 0 Å². The summed E-state index contributed by atoms with van der Waals surface area (Å²) in [4.78, 5) is 25.4. The van der Waals surface area contributed by atoms with Crippen molar-refractivity contribution in [2.24, 2.45) is 5.92 Å². The third-order valence-corrected chi connectivity index (χ3v) is 3.65. The number of benzene rings is 1. The maximum atomic E-state index is 12.5. The normalized spacial score (nSPS) is 12.2. The highest BCUT2D eigenvalue weighted by molar-refractivity contribution is 5.85. The van der Waals surface area contributed by atoms with E-state index in [1.165, 1.54) is 14.2 Å².